The second-order valence-electron chi connectivity index (χ2n) is 6.08. The number of amides is 1. The van der Waals surface area contributed by atoms with Crippen LogP contribution in [-0.4, -0.2) is 30.0 Å². The van der Waals surface area contributed by atoms with Gasteiger partial charge in [0.05, 0.1) is 22.6 Å². The molecule has 0 radical (unpaired) electrons. The summed E-state index contributed by atoms with van der Waals surface area (Å²) in [6.45, 7) is 1.81. The van der Waals surface area contributed by atoms with Gasteiger partial charge >= 0.3 is 0 Å². The van der Waals surface area contributed by atoms with Crippen molar-refractivity contribution in [3.8, 4) is 0 Å². The summed E-state index contributed by atoms with van der Waals surface area (Å²) in [5, 5.41) is 3.67. The van der Waals surface area contributed by atoms with Crippen molar-refractivity contribution in [2.45, 2.75) is 13.3 Å². The lowest BCUT2D eigenvalue weighted by atomic mass is 10.1. The predicted molar refractivity (Wildman–Crippen MR) is 103 cm³/mol. The third kappa shape index (κ3) is 4.23. The van der Waals surface area contributed by atoms with Gasteiger partial charge in [-0.15, -0.1) is 11.3 Å². The molecule has 7 heteroatoms. The second kappa shape index (κ2) is 7.61. The Morgan fingerprint density at radius 3 is 2.54 bits per heavy atom. The Morgan fingerprint density at radius 2 is 1.92 bits per heavy atom. The largest absolute Gasteiger partial charge is 0.363 e. The highest BCUT2D eigenvalue weighted by Crippen LogP contribution is 2.22. The van der Waals surface area contributed by atoms with Gasteiger partial charge in [0.25, 0.3) is 5.91 Å². The first kappa shape index (κ1) is 18.0. The molecule has 1 aromatic carbocycles. The van der Waals surface area contributed by atoms with Gasteiger partial charge in [-0.1, -0.05) is 12.1 Å². The zero-order valence-electron chi connectivity index (χ0n) is 14.8. The van der Waals surface area contributed by atoms with Crippen LogP contribution in [0.4, 0.5) is 15.9 Å². The molecule has 3 aromatic rings. The van der Waals surface area contributed by atoms with Crippen LogP contribution in [0.1, 0.15) is 25.9 Å². The summed E-state index contributed by atoms with van der Waals surface area (Å²) in [4.78, 5) is 23.7. The Morgan fingerprint density at radius 1 is 1.19 bits per heavy atom. The van der Waals surface area contributed by atoms with Crippen LogP contribution in [0.2, 0.25) is 0 Å². The van der Waals surface area contributed by atoms with Crippen LogP contribution in [0.3, 0.4) is 0 Å². The molecule has 0 aliphatic rings. The van der Waals surface area contributed by atoms with Gasteiger partial charge in [-0.05, 0) is 36.8 Å². The van der Waals surface area contributed by atoms with Gasteiger partial charge in [0.2, 0.25) is 0 Å². The summed E-state index contributed by atoms with van der Waals surface area (Å²) in [6.07, 6.45) is 2.20. The molecule has 134 valence electrons. The van der Waals surface area contributed by atoms with E-state index < -0.39 is 0 Å². The molecule has 0 spiro atoms. The third-order valence-corrected chi connectivity index (χ3v) is 4.94. The van der Waals surface area contributed by atoms with Crippen molar-refractivity contribution in [3.63, 3.8) is 0 Å². The average molecular weight is 370 g/mol. The fourth-order valence-corrected chi connectivity index (χ4v) is 3.42. The summed E-state index contributed by atoms with van der Waals surface area (Å²) in [5.74, 6) is 0.348. The first-order chi connectivity index (χ1) is 12.4. The fraction of sp³-hybridized carbons (Fsp3) is 0.211. The first-order valence-corrected chi connectivity index (χ1v) is 8.89. The number of carbonyl (C=O) groups is 1. The van der Waals surface area contributed by atoms with E-state index in [0.29, 0.717) is 22.7 Å². The predicted octanol–water partition coefficient (Wildman–Crippen LogP) is 3.89. The van der Waals surface area contributed by atoms with Crippen LogP contribution in [0.5, 0.6) is 0 Å². The Labute approximate surface area is 155 Å². The number of pyridine rings is 1. The SMILES string of the molecule is Cc1nc(Cc2ccc(F)cc2)sc1C(=O)Nc1ccc(N(C)C)nc1. The van der Waals surface area contributed by atoms with Gasteiger partial charge in [0.15, 0.2) is 0 Å². The number of rotatable bonds is 5. The number of nitrogens with zero attached hydrogens (tertiary/aromatic N) is 3. The highest BCUT2D eigenvalue weighted by atomic mass is 32.1. The van der Waals surface area contributed by atoms with Crippen molar-refractivity contribution in [3.05, 3.63) is 69.6 Å². The van der Waals surface area contributed by atoms with Crippen LogP contribution in [-0.2, 0) is 6.42 Å². The van der Waals surface area contributed by atoms with Crippen molar-refractivity contribution in [2.24, 2.45) is 0 Å². The molecule has 0 saturated heterocycles. The molecule has 0 saturated carbocycles. The van der Waals surface area contributed by atoms with Crippen molar-refractivity contribution in [1.82, 2.24) is 9.97 Å². The first-order valence-electron chi connectivity index (χ1n) is 8.08. The van der Waals surface area contributed by atoms with E-state index in [1.165, 1.54) is 23.5 Å². The van der Waals surface area contributed by atoms with Gasteiger partial charge in [-0.25, -0.2) is 14.4 Å². The summed E-state index contributed by atoms with van der Waals surface area (Å²) in [6, 6.07) is 9.96. The average Bonchev–Trinajstić information content (AvgIpc) is 2.98. The molecule has 0 bridgehead atoms. The van der Waals surface area contributed by atoms with E-state index in [4.69, 9.17) is 0 Å². The van der Waals surface area contributed by atoms with Gasteiger partial charge in [-0.3, -0.25) is 4.79 Å². The number of anilines is 2. The maximum atomic E-state index is 13.0. The third-order valence-electron chi connectivity index (χ3n) is 3.78. The van der Waals surface area contributed by atoms with Crippen molar-refractivity contribution in [2.75, 3.05) is 24.3 Å². The topological polar surface area (TPSA) is 58.1 Å². The zero-order valence-corrected chi connectivity index (χ0v) is 15.6. The Hall–Kier alpha value is -2.80. The smallest absolute Gasteiger partial charge is 0.267 e. The van der Waals surface area contributed by atoms with Gasteiger partial charge < -0.3 is 10.2 Å². The highest BCUT2D eigenvalue weighted by molar-refractivity contribution is 7.14. The molecular weight excluding hydrogens is 351 g/mol. The van der Waals surface area contributed by atoms with Crippen LogP contribution in [0, 0.1) is 12.7 Å². The van der Waals surface area contributed by atoms with Crippen LogP contribution in [0.15, 0.2) is 42.6 Å². The van der Waals surface area contributed by atoms with Gasteiger partial charge in [-0.2, -0.15) is 0 Å². The number of nitrogens with one attached hydrogen (secondary N) is 1. The monoisotopic (exact) mass is 370 g/mol. The number of hydrogen-bond donors (Lipinski definition) is 1. The van der Waals surface area contributed by atoms with Crippen LogP contribution in [0.25, 0.3) is 0 Å². The zero-order chi connectivity index (χ0) is 18.7. The summed E-state index contributed by atoms with van der Waals surface area (Å²) < 4.78 is 13.0. The van der Waals surface area contributed by atoms with Crippen LogP contribution < -0.4 is 10.2 Å². The lowest BCUT2D eigenvalue weighted by molar-refractivity contribution is 0.103. The number of hydrogen-bond acceptors (Lipinski definition) is 5. The lowest BCUT2D eigenvalue weighted by Crippen LogP contribution is -2.13. The van der Waals surface area contributed by atoms with E-state index in [-0.39, 0.29) is 11.7 Å². The summed E-state index contributed by atoms with van der Waals surface area (Å²) in [5.41, 5.74) is 2.27. The molecule has 2 heterocycles. The number of thiazole rings is 1. The molecule has 0 fully saturated rings. The number of carbonyl (C=O) groups excluding carboxylic acids is 1. The van der Waals surface area contributed by atoms with E-state index in [2.05, 4.69) is 15.3 Å². The molecule has 0 unspecified atom stereocenters. The molecular formula is C19H19FN4OS. The normalized spacial score (nSPS) is 10.6. The van der Waals surface area contributed by atoms with Crippen molar-refractivity contribution < 1.29 is 9.18 Å². The fourth-order valence-electron chi connectivity index (χ4n) is 2.43. The Bertz CT molecular complexity index is 904. The van der Waals surface area contributed by atoms with E-state index in [1.807, 2.05) is 38.1 Å². The molecule has 0 aliphatic heterocycles. The van der Waals surface area contributed by atoms with Crippen molar-refractivity contribution in [1.29, 1.82) is 0 Å². The molecule has 26 heavy (non-hydrogen) atoms. The number of aromatic nitrogens is 2. The molecule has 0 atom stereocenters. The van der Waals surface area contributed by atoms with E-state index in [0.717, 1.165) is 16.4 Å². The minimum Gasteiger partial charge on any atom is -0.363 e. The van der Waals surface area contributed by atoms with E-state index >= 15 is 0 Å². The maximum absolute atomic E-state index is 13.0. The molecule has 0 aliphatic carbocycles. The van der Waals surface area contributed by atoms with Gasteiger partial charge in [0, 0.05) is 20.5 Å². The second-order valence-corrected chi connectivity index (χ2v) is 7.16. The number of benzene rings is 1. The standard InChI is InChI=1S/C19H19FN4OS/c1-12-18(19(25)23-15-8-9-16(21-11-15)24(2)3)26-17(22-12)10-13-4-6-14(20)7-5-13/h4-9,11H,10H2,1-3H3,(H,23,25). The lowest BCUT2D eigenvalue weighted by Gasteiger charge is -2.11. The summed E-state index contributed by atoms with van der Waals surface area (Å²) >= 11 is 1.35. The molecule has 1 amide bonds. The molecule has 5 nitrogen and oxygen atoms in total. The Kier molecular flexibility index (Phi) is 5.27. The molecule has 2 aromatic heterocycles. The molecule has 1 N–H and O–H groups in total. The minimum absolute atomic E-state index is 0.204. The maximum Gasteiger partial charge on any atom is 0.267 e. The van der Waals surface area contributed by atoms with E-state index in [1.54, 1.807) is 18.3 Å². The van der Waals surface area contributed by atoms with Gasteiger partial charge in [0.1, 0.15) is 16.5 Å². The Balaban J connectivity index is 1.71. The number of aryl methyl sites for hydroxylation is 1. The summed E-state index contributed by atoms with van der Waals surface area (Å²) in [7, 11) is 3.81. The highest BCUT2D eigenvalue weighted by Gasteiger charge is 2.16. The minimum atomic E-state index is -0.266. The van der Waals surface area contributed by atoms with Crippen molar-refractivity contribution >= 4 is 28.7 Å². The quantitative estimate of drug-likeness (QED) is 0.740. The van der Waals surface area contributed by atoms with E-state index in [9.17, 15) is 9.18 Å². The van der Waals surface area contributed by atoms with Crippen LogP contribution >= 0.6 is 11.3 Å². The molecule has 3 rings (SSSR count). The number of halogens is 1.